The van der Waals surface area contributed by atoms with Gasteiger partial charge in [0.05, 0.1) is 0 Å². The molecule has 0 aromatic heterocycles. The van der Waals surface area contributed by atoms with Gasteiger partial charge in [0.25, 0.3) is 0 Å². The Bertz CT molecular complexity index is 682. The first kappa shape index (κ1) is 18.9. The molecule has 2 atom stereocenters. The lowest BCUT2D eigenvalue weighted by molar-refractivity contribution is -0.145. The third kappa shape index (κ3) is 3.29. The van der Waals surface area contributed by atoms with Crippen LogP contribution in [0.3, 0.4) is 0 Å². The van der Waals surface area contributed by atoms with Crippen molar-refractivity contribution >= 4 is 11.8 Å². The van der Waals surface area contributed by atoms with E-state index in [0.717, 1.165) is 44.5 Å². The van der Waals surface area contributed by atoms with Crippen LogP contribution in [0.5, 0.6) is 0 Å². The van der Waals surface area contributed by atoms with Gasteiger partial charge in [-0.3, -0.25) is 9.59 Å². The summed E-state index contributed by atoms with van der Waals surface area (Å²) in [4.78, 5) is 29.1. The van der Waals surface area contributed by atoms with Crippen LogP contribution < -0.4 is 0 Å². The summed E-state index contributed by atoms with van der Waals surface area (Å²) in [5, 5.41) is 0. The fourth-order valence-electron chi connectivity index (χ4n) is 5.78. The smallest absolute Gasteiger partial charge is 0.249 e. The molecular formula is C21H30F2N2O2. The Balaban J connectivity index is 1.35. The predicted molar refractivity (Wildman–Crippen MR) is 98.2 cm³/mol. The maximum absolute atomic E-state index is 13.3. The lowest BCUT2D eigenvalue weighted by atomic mass is 9.76. The molecule has 4 fully saturated rings. The van der Waals surface area contributed by atoms with Gasteiger partial charge in [0, 0.05) is 50.5 Å². The average molecular weight is 380 g/mol. The molecule has 0 bridgehead atoms. The van der Waals surface area contributed by atoms with Gasteiger partial charge in [-0.15, -0.1) is 0 Å². The Morgan fingerprint density at radius 1 is 1.07 bits per heavy atom. The summed E-state index contributed by atoms with van der Waals surface area (Å²) in [6.07, 6.45) is 4.90. The Hall–Kier alpha value is -1.46. The number of nitrogens with zero attached hydrogens (tertiary/aromatic N) is 2. The Kier molecular flexibility index (Phi) is 4.21. The molecule has 2 heterocycles. The number of piperidine rings is 1. The number of rotatable bonds is 2. The van der Waals surface area contributed by atoms with Crippen LogP contribution in [-0.2, 0) is 9.59 Å². The third-order valence-corrected chi connectivity index (χ3v) is 7.31. The molecule has 4 nitrogen and oxygen atoms in total. The second-order valence-electron chi connectivity index (χ2n) is 9.89. The first-order chi connectivity index (χ1) is 12.5. The van der Waals surface area contributed by atoms with Gasteiger partial charge in [-0.1, -0.05) is 5.57 Å². The number of amides is 2. The van der Waals surface area contributed by atoms with E-state index in [9.17, 15) is 18.4 Å². The lowest BCUT2D eigenvalue weighted by Gasteiger charge is -2.39. The Morgan fingerprint density at radius 2 is 1.70 bits per heavy atom. The Morgan fingerprint density at radius 3 is 2.26 bits per heavy atom. The summed E-state index contributed by atoms with van der Waals surface area (Å²) in [7, 11) is 0. The second-order valence-corrected chi connectivity index (χ2v) is 9.89. The number of halogens is 2. The Labute approximate surface area is 159 Å². The van der Waals surface area contributed by atoms with E-state index in [-0.39, 0.29) is 42.0 Å². The zero-order valence-electron chi connectivity index (χ0n) is 16.6. The topological polar surface area (TPSA) is 40.6 Å². The normalized spacial score (nSPS) is 32.3. The van der Waals surface area contributed by atoms with E-state index in [2.05, 4.69) is 6.92 Å². The van der Waals surface area contributed by atoms with Crippen LogP contribution in [0.15, 0.2) is 11.6 Å². The van der Waals surface area contributed by atoms with Crippen molar-refractivity contribution in [1.29, 1.82) is 0 Å². The highest BCUT2D eigenvalue weighted by Crippen LogP contribution is 2.71. The van der Waals surface area contributed by atoms with Crippen molar-refractivity contribution in [2.75, 3.05) is 19.6 Å². The van der Waals surface area contributed by atoms with Crippen molar-refractivity contribution in [2.45, 2.75) is 71.3 Å². The SMILES string of the molecule is CC(C)=CC(=O)N1CCC2(CC1)CC(C)N(C(=O)C1CC13CC(F)(F)C3)C2. The van der Waals surface area contributed by atoms with E-state index in [4.69, 9.17) is 0 Å². The fourth-order valence-corrected chi connectivity index (χ4v) is 5.78. The van der Waals surface area contributed by atoms with E-state index < -0.39 is 11.3 Å². The van der Waals surface area contributed by atoms with E-state index in [1.165, 1.54) is 0 Å². The number of likely N-dealkylation sites (tertiary alicyclic amines) is 2. The molecule has 2 spiro atoms. The summed E-state index contributed by atoms with van der Waals surface area (Å²) in [6.45, 7) is 8.12. The number of hydrogen-bond acceptors (Lipinski definition) is 2. The first-order valence-electron chi connectivity index (χ1n) is 10.2. The molecule has 2 saturated heterocycles. The molecule has 2 aliphatic carbocycles. The minimum absolute atomic E-state index is 0.0784. The second kappa shape index (κ2) is 6.02. The van der Waals surface area contributed by atoms with Crippen LogP contribution >= 0.6 is 0 Å². The zero-order chi connectivity index (χ0) is 19.6. The largest absolute Gasteiger partial charge is 0.339 e. The van der Waals surface area contributed by atoms with Gasteiger partial charge >= 0.3 is 0 Å². The van der Waals surface area contributed by atoms with Gasteiger partial charge in [0.2, 0.25) is 17.7 Å². The van der Waals surface area contributed by atoms with Crippen molar-refractivity contribution in [3.05, 3.63) is 11.6 Å². The minimum atomic E-state index is -2.56. The van der Waals surface area contributed by atoms with Crippen molar-refractivity contribution in [2.24, 2.45) is 16.7 Å². The number of hydrogen-bond donors (Lipinski definition) is 0. The summed E-state index contributed by atoms with van der Waals surface area (Å²) in [6, 6.07) is 0.163. The van der Waals surface area contributed by atoms with Gasteiger partial charge in [-0.2, -0.15) is 0 Å². The lowest BCUT2D eigenvalue weighted by Crippen LogP contribution is -2.45. The highest BCUT2D eigenvalue weighted by molar-refractivity contribution is 5.88. The minimum Gasteiger partial charge on any atom is -0.339 e. The molecule has 2 saturated carbocycles. The highest BCUT2D eigenvalue weighted by Gasteiger charge is 2.72. The molecule has 0 radical (unpaired) electrons. The number of carbonyl (C=O) groups excluding carboxylic acids is 2. The summed E-state index contributed by atoms with van der Waals surface area (Å²) < 4.78 is 26.5. The van der Waals surface area contributed by atoms with E-state index in [1.54, 1.807) is 6.08 Å². The molecule has 2 amide bonds. The molecule has 2 unspecified atom stereocenters. The maximum atomic E-state index is 13.3. The van der Waals surface area contributed by atoms with E-state index in [0.29, 0.717) is 6.42 Å². The number of carbonyl (C=O) groups is 2. The summed E-state index contributed by atoms with van der Waals surface area (Å²) >= 11 is 0. The molecule has 4 rings (SSSR count). The van der Waals surface area contributed by atoms with Crippen LogP contribution in [0.2, 0.25) is 0 Å². The first-order valence-corrected chi connectivity index (χ1v) is 10.2. The molecule has 6 heteroatoms. The van der Waals surface area contributed by atoms with Gasteiger partial charge in [-0.25, -0.2) is 8.78 Å². The molecule has 0 aromatic rings. The number of alkyl halides is 2. The average Bonchev–Trinajstić information content (AvgIpc) is 3.15. The van der Waals surface area contributed by atoms with Crippen molar-refractivity contribution in [1.82, 2.24) is 9.80 Å². The zero-order valence-corrected chi connectivity index (χ0v) is 16.6. The van der Waals surface area contributed by atoms with Gasteiger partial charge in [0.15, 0.2) is 0 Å². The maximum Gasteiger partial charge on any atom is 0.249 e. The molecule has 4 aliphatic rings. The van der Waals surface area contributed by atoms with Gasteiger partial charge in [-0.05, 0) is 57.3 Å². The van der Waals surface area contributed by atoms with Gasteiger partial charge in [0.1, 0.15) is 0 Å². The molecule has 0 aromatic carbocycles. The molecular weight excluding hydrogens is 350 g/mol. The van der Waals surface area contributed by atoms with Crippen LogP contribution in [0.4, 0.5) is 8.78 Å². The van der Waals surface area contributed by atoms with Crippen LogP contribution in [0.1, 0.15) is 59.3 Å². The fraction of sp³-hybridized carbons (Fsp3) is 0.810. The predicted octanol–water partition coefficient (Wildman–Crippen LogP) is 3.62. The van der Waals surface area contributed by atoms with Crippen molar-refractivity contribution in [3.8, 4) is 0 Å². The van der Waals surface area contributed by atoms with E-state index >= 15 is 0 Å². The standard InChI is InChI=1S/C21H30F2N2O2/c1-14(2)8-17(26)24-6-4-19(5-7-24)9-15(3)25(13-19)18(27)16-10-20(16)11-21(22,23)12-20/h8,15-16H,4-7,9-13H2,1-3H3. The number of allylic oxidation sites excluding steroid dienone is 1. The molecule has 150 valence electrons. The molecule has 27 heavy (non-hydrogen) atoms. The summed E-state index contributed by atoms with van der Waals surface area (Å²) in [5.41, 5.74) is 0.699. The van der Waals surface area contributed by atoms with Crippen LogP contribution in [-0.4, -0.2) is 53.2 Å². The third-order valence-electron chi connectivity index (χ3n) is 7.31. The molecule has 0 N–H and O–H groups in total. The quantitative estimate of drug-likeness (QED) is 0.687. The van der Waals surface area contributed by atoms with Crippen LogP contribution in [0, 0.1) is 16.7 Å². The molecule has 2 aliphatic heterocycles. The van der Waals surface area contributed by atoms with Crippen molar-refractivity contribution < 1.29 is 18.4 Å². The van der Waals surface area contributed by atoms with Gasteiger partial charge < -0.3 is 9.80 Å². The monoisotopic (exact) mass is 380 g/mol. The highest BCUT2D eigenvalue weighted by atomic mass is 19.3. The van der Waals surface area contributed by atoms with E-state index in [1.807, 2.05) is 23.6 Å². The van der Waals surface area contributed by atoms with Crippen LogP contribution in [0.25, 0.3) is 0 Å². The van der Waals surface area contributed by atoms with Crippen molar-refractivity contribution in [3.63, 3.8) is 0 Å². The summed E-state index contributed by atoms with van der Waals surface area (Å²) in [5.74, 6) is -2.57.